The summed E-state index contributed by atoms with van der Waals surface area (Å²) in [5.74, 6) is 0.896. The van der Waals surface area contributed by atoms with Crippen LogP contribution in [0.2, 0.25) is 0 Å². The number of furan rings is 1. The van der Waals surface area contributed by atoms with E-state index >= 15 is 0 Å². The predicted molar refractivity (Wildman–Crippen MR) is 155 cm³/mol. The van der Waals surface area contributed by atoms with Gasteiger partial charge >= 0.3 is 5.97 Å². The summed E-state index contributed by atoms with van der Waals surface area (Å²) in [4.78, 5) is 18.8. The number of ether oxygens (including phenoxy) is 2. The fraction of sp³-hybridized carbons (Fsp3) is 0.179. The van der Waals surface area contributed by atoms with Gasteiger partial charge in [0.2, 0.25) is 10.0 Å². The Labute approximate surface area is 237 Å². The number of carbonyl (C=O) groups is 1. The molecule has 4 aromatic rings. The Kier molecular flexibility index (Phi) is 7.46. The first-order valence-electron chi connectivity index (χ1n) is 12.1. The van der Waals surface area contributed by atoms with Crippen molar-refractivity contribution in [1.29, 1.82) is 0 Å². The number of aromatic nitrogens is 1. The van der Waals surface area contributed by atoms with Crippen LogP contribution in [0.3, 0.4) is 0 Å². The lowest BCUT2D eigenvalue weighted by Gasteiger charge is -2.27. The number of pyridine rings is 1. The molecule has 0 radical (unpaired) electrons. The maximum atomic E-state index is 12.4. The van der Waals surface area contributed by atoms with Gasteiger partial charge in [-0.05, 0) is 60.7 Å². The molecule has 2 aromatic carbocycles. The maximum Gasteiger partial charge on any atom is 0.338 e. The molecule has 1 aliphatic rings. The highest BCUT2D eigenvalue weighted by Crippen LogP contribution is 2.44. The standard InChI is InChI=1S/C28H26N4O6S2/c1-36-23-12-11-17(16-21(23)31-40(3,34)35)32-26(25(30-28(32)39)20-10-6-7-15-29-20)24-14-13-22(38-24)18-8-4-5-9-19(18)27(33)37-2/h4-16,25-26,31H,1-3H3,(H,30,39)/t25-,26-/m0/s1. The van der Waals surface area contributed by atoms with Gasteiger partial charge in [-0.3, -0.25) is 9.71 Å². The first kappa shape index (κ1) is 27.2. The highest BCUT2D eigenvalue weighted by Gasteiger charge is 2.43. The summed E-state index contributed by atoms with van der Waals surface area (Å²) < 4.78 is 43.3. The van der Waals surface area contributed by atoms with E-state index in [2.05, 4.69) is 15.0 Å². The quantitative estimate of drug-likeness (QED) is 0.225. The molecule has 0 unspecified atom stereocenters. The molecule has 12 heteroatoms. The molecule has 2 aromatic heterocycles. The number of anilines is 2. The van der Waals surface area contributed by atoms with Crippen molar-refractivity contribution in [3.05, 3.63) is 96.0 Å². The van der Waals surface area contributed by atoms with Gasteiger partial charge in [-0.1, -0.05) is 24.3 Å². The normalized spacial score (nSPS) is 16.9. The van der Waals surface area contributed by atoms with E-state index in [-0.39, 0.29) is 5.69 Å². The van der Waals surface area contributed by atoms with Gasteiger partial charge < -0.3 is 24.1 Å². The van der Waals surface area contributed by atoms with E-state index in [1.54, 1.807) is 48.7 Å². The SMILES string of the molecule is COC(=O)c1ccccc1-c1ccc([C@H]2[C@H](c3ccccn3)NC(=S)N2c2ccc(OC)c(NS(C)(=O)=O)c2)o1. The number of hydrogen-bond donors (Lipinski definition) is 2. The number of sulfonamides is 1. The molecular formula is C28H26N4O6S2. The van der Waals surface area contributed by atoms with Crippen LogP contribution in [-0.4, -0.2) is 45.0 Å². The van der Waals surface area contributed by atoms with Crippen LogP contribution < -0.4 is 19.7 Å². The zero-order valence-corrected chi connectivity index (χ0v) is 23.5. The van der Waals surface area contributed by atoms with Crippen LogP contribution in [0.1, 0.15) is 33.9 Å². The van der Waals surface area contributed by atoms with Crippen LogP contribution in [0, 0.1) is 0 Å². The number of nitrogens with zero attached hydrogens (tertiary/aromatic N) is 2. The fourth-order valence-electron chi connectivity index (χ4n) is 4.69. The molecule has 1 aliphatic heterocycles. The average molecular weight is 579 g/mol. The summed E-state index contributed by atoms with van der Waals surface area (Å²) in [7, 11) is -0.799. The number of esters is 1. The fourth-order valence-corrected chi connectivity index (χ4v) is 5.59. The minimum absolute atomic E-state index is 0.262. The molecule has 10 nitrogen and oxygen atoms in total. The van der Waals surface area contributed by atoms with Crippen molar-refractivity contribution < 1.29 is 27.1 Å². The van der Waals surface area contributed by atoms with Gasteiger partial charge in [0.15, 0.2) is 5.11 Å². The van der Waals surface area contributed by atoms with E-state index in [1.807, 2.05) is 35.2 Å². The second kappa shape index (κ2) is 11.0. The van der Waals surface area contributed by atoms with Crippen molar-refractivity contribution in [2.45, 2.75) is 12.1 Å². The maximum absolute atomic E-state index is 12.4. The lowest BCUT2D eigenvalue weighted by molar-refractivity contribution is 0.0601. The van der Waals surface area contributed by atoms with Gasteiger partial charge in [-0.25, -0.2) is 13.2 Å². The molecule has 40 heavy (non-hydrogen) atoms. The van der Waals surface area contributed by atoms with Crippen LogP contribution in [0.5, 0.6) is 5.75 Å². The van der Waals surface area contributed by atoms with Crippen molar-refractivity contribution in [3.63, 3.8) is 0 Å². The van der Waals surface area contributed by atoms with E-state index < -0.39 is 28.1 Å². The average Bonchev–Trinajstić information content (AvgIpc) is 3.56. The Morgan fingerprint density at radius 3 is 2.55 bits per heavy atom. The second-order valence-electron chi connectivity index (χ2n) is 8.99. The van der Waals surface area contributed by atoms with Crippen molar-refractivity contribution in [2.24, 2.45) is 0 Å². The van der Waals surface area contributed by atoms with Crippen molar-refractivity contribution in [3.8, 4) is 17.1 Å². The van der Waals surface area contributed by atoms with Crippen molar-refractivity contribution >= 4 is 44.7 Å². The summed E-state index contributed by atoms with van der Waals surface area (Å²) in [6, 6.07) is 20.4. The first-order valence-corrected chi connectivity index (χ1v) is 14.4. The number of nitrogens with one attached hydrogen (secondary N) is 2. The molecule has 0 bridgehead atoms. The summed E-state index contributed by atoms with van der Waals surface area (Å²) in [5.41, 5.74) is 2.54. The van der Waals surface area contributed by atoms with E-state index in [0.717, 1.165) is 11.9 Å². The topological polar surface area (TPSA) is 123 Å². The zero-order valence-electron chi connectivity index (χ0n) is 21.8. The van der Waals surface area contributed by atoms with Crippen LogP contribution in [0.4, 0.5) is 11.4 Å². The highest BCUT2D eigenvalue weighted by molar-refractivity contribution is 7.92. The molecular weight excluding hydrogens is 552 g/mol. The lowest BCUT2D eigenvalue weighted by Crippen LogP contribution is -2.29. The molecule has 206 valence electrons. The smallest absolute Gasteiger partial charge is 0.338 e. The molecule has 1 fully saturated rings. The Balaban J connectivity index is 1.63. The lowest BCUT2D eigenvalue weighted by atomic mass is 10.0. The summed E-state index contributed by atoms with van der Waals surface area (Å²) in [5, 5.41) is 3.73. The number of methoxy groups -OCH3 is 2. The van der Waals surface area contributed by atoms with Crippen LogP contribution in [0.15, 0.2) is 83.4 Å². The van der Waals surface area contributed by atoms with Gasteiger partial charge in [-0.2, -0.15) is 0 Å². The van der Waals surface area contributed by atoms with Gasteiger partial charge in [0.05, 0.1) is 43.5 Å². The minimum atomic E-state index is -3.59. The first-order chi connectivity index (χ1) is 19.2. The molecule has 2 N–H and O–H groups in total. The molecule has 0 amide bonds. The number of benzene rings is 2. The number of rotatable bonds is 8. The Bertz CT molecular complexity index is 1670. The van der Waals surface area contributed by atoms with Gasteiger partial charge in [0.1, 0.15) is 23.3 Å². The molecule has 0 spiro atoms. The Morgan fingerprint density at radius 2 is 1.85 bits per heavy atom. The van der Waals surface area contributed by atoms with Crippen LogP contribution in [-0.2, 0) is 14.8 Å². The third kappa shape index (κ3) is 5.36. The monoisotopic (exact) mass is 578 g/mol. The number of hydrogen-bond acceptors (Lipinski definition) is 8. The van der Waals surface area contributed by atoms with E-state index in [0.29, 0.717) is 39.2 Å². The van der Waals surface area contributed by atoms with E-state index in [1.165, 1.54) is 14.2 Å². The molecule has 0 aliphatic carbocycles. The largest absolute Gasteiger partial charge is 0.495 e. The van der Waals surface area contributed by atoms with E-state index in [4.69, 9.17) is 26.1 Å². The Hall–Kier alpha value is -4.42. The minimum Gasteiger partial charge on any atom is -0.495 e. The third-order valence-corrected chi connectivity index (χ3v) is 7.28. The van der Waals surface area contributed by atoms with E-state index in [9.17, 15) is 13.2 Å². The summed E-state index contributed by atoms with van der Waals surface area (Å²) >= 11 is 5.78. The molecule has 2 atom stereocenters. The van der Waals surface area contributed by atoms with Gasteiger partial charge in [-0.15, -0.1) is 0 Å². The Morgan fingerprint density at radius 1 is 1.07 bits per heavy atom. The predicted octanol–water partition coefficient (Wildman–Crippen LogP) is 4.69. The van der Waals surface area contributed by atoms with Crippen LogP contribution in [0.25, 0.3) is 11.3 Å². The summed E-state index contributed by atoms with van der Waals surface area (Å²) in [6.45, 7) is 0. The van der Waals surface area contributed by atoms with Gasteiger partial charge in [0, 0.05) is 17.4 Å². The molecule has 5 rings (SSSR count). The zero-order chi connectivity index (χ0) is 28.4. The second-order valence-corrected chi connectivity index (χ2v) is 11.1. The van der Waals surface area contributed by atoms with Crippen molar-refractivity contribution in [2.75, 3.05) is 30.1 Å². The number of carbonyl (C=O) groups excluding carboxylic acids is 1. The molecule has 1 saturated heterocycles. The van der Waals surface area contributed by atoms with Crippen molar-refractivity contribution in [1.82, 2.24) is 10.3 Å². The third-order valence-electron chi connectivity index (χ3n) is 6.37. The highest BCUT2D eigenvalue weighted by atomic mass is 32.2. The summed E-state index contributed by atoms with van der Waals surface area (Å²) in [6.07, 6.45) is 2.76. The number of thiocarbonyl (C=S) groups is 1. The van der Waals surface area contributed by atoms with Gasteiger partial charge in [0.25, 0.3) is 0 Å². The molecule has 3 heterocycles. The molecule has 0 saturated carbocycles. The van der Waals surface area contributed by atoms with Crippen LogP contribution >= 0.6 is 12.2 Å².